The van der Waals surface area contributed by atoms with E-state index in [1.165, 1.54) is 33.4 Å². The molecule has 7 rings (SSSR count). The fourth-order valence-electron chi connectivity index (χ4n) is 5.63. The molecule has 0 radical (unpaired) electrons. The maximum absolute atomic E-state index is 5.34. The molecule has 39 heavy (non-hydrogen) atoms. The Balaban J connectivity index is 1.50. The summed E-state index contributed by atoms with van der Waals surface area (Å²) in [6.45, 7) is 4.31. The van der Waals surface area contributed by atoms with E-state index < -0.39 is 8.95 Å². The molecule has 0 aromatic heterocycles. The summed E-state index contributed by atoms with van der Waals surface area (Å²) in [4.78, 5) is 0. The Morgan fingerprint density at radius 3 is 1.67 bits per heavy atom. The first-order chi connectivity index (χ1) is 19.1. The number of para-hydroxylation sites is 1. The third-order valence-electron chi connectivity index (χ3n) is 7.58. The molecule has 2 aliphatic rings. The Morgan fingerprint density at radius 1 is 0.564 bits per heavy atom. The first-order valence-electron chi connectivity index (χ1n) is 13.2. The number of benzene rings is 5. The standard InChI is InChI=1S/C35H28N2S2/c1-25-17-21-28(22-18-25)34(29-23-19-26(2)20-24-29)31-15-9-10-16-32(31)35(39-34)37(30-13-7-4-8-14-30)36-33(38-35)27-11-5-3-6-12-27/h3-24H,1-2H3. The van der Waals surface area contributed by atoms with Crippen LogP contribution in [0.15, 0.2) is 139 Å². The second-order valence-corrected chi connectivity index (χ2v) is 13.0. The molecule has 4 heteroatoms. The van der Waals surface area contributed by atoms with Crippen LogP contribution in [0.1, 0.15) is 38.9 Å². The second-order valence-electron chi connectivity index (χ2n) is 10.2. The largest absolute Gasteiger partial charge is 0.233 e. The van der Waals surface area contributed by atoms with Crippen LogP contribution in [0.25, 0.3) is 0 Å². The smallest absolute Gasteiger partial charge is 0.187 e. The van der Waals surface area contributed by atoms with Crippen LogP contribution >= 0.6 is 23.5 Å². The van der Waals surface area contributed by atoms with Crippen molar-refractivity contribution in [1.82, 2.24) is 0 Å². The number of hydrogen-bond donors (Lipinski definition) is 0. The summed E-state index contributed by atoms with van der Waals surface area (Å²) < 4.78 is -0.890. The predicted molar refractivity (Wildman–Crippen MR) is 167 cm³/mol. The van der Waals surface area contributed by atoms with Crippen LogP contribution in [0, 0.1) is 13.8 Å². The van der Waals surface area contributed by atoms with Gasteiger partial charge in [0.15, 0.2) is 4.20 Å². The van der Waals surface area contributed by atoms with Crippen molar-refractivity contribution in [2.45, 2.75) is 22.8 Å². The molecule has 1 unspecified atom stereocenters. The molecule has 0 N–H and O–H groups in total. The van der Waals surface area contributed by atoms with Gasteiger partial charge in [0.05, 0.1) is 10.4 Å². The van der Waals surface area contributed by atoms with Gasteiger partial charge >= 0.3 is 0 Å². The first kappa shape index (κ1) is 24.3. The molecule has 2 aliphatic heterocycles. The lowest BCUT2D eigenvalue weighted by Gasteiger charge is -2.37. The molecule has 5 aromatic rings. The number of hydrogen-bond acceptors (Lipinski definition) is 4. The van der Waals surface area contributed by atoms with Gasteiger partial charge in [-0.3, -0.25) is 0 Å². The molecule has 0 fully saturated rings. The van der Waals surface area contributed by atoms with Crippen molar-refractivity contribution in [3.63, 3.8) is 0 Å². The number of anilines is 1. The van der Waals surface area contributed by atoms with Crippen LogP contribution in [0.2, 0.25) is 0 Å². The van der Waals surface area contributed by atoms with E-state index in [4.69, 9.17) is 5.10 Å². The molecule has 0 aliphatic carbocycles. The van der Waals surface area contributed by atoms with Crippen LogP contribution in [-0.4, -0.2) is 5.04 Å². The van der Waals surface area contributed by atoms with Gasteiger partial charge in [0.1, 0.15) is 5.04 Å². The normalized spacial score (nSPS) is 19.2. The summed E-state index contributed by atoms with van der Waals surface area (Å²) in [5.74, 6) is 0. The van der Waals surface area contributed by atoms with Crippen LogP contribution in [-0.2, 0) is 8.95 Å². The van der Waals surface area contributed by atoms with Gasteiger partial charge in [-0.25, -0.2) is 5.01 Å². The maximum atomic E-state index is 5.34. The Kier molecular flexibility index (Phi) is 5.91. The van der Waals surface area contributed by atoms with Crippen molar-refractivity contribution >= 4 is 34.3 Å². The van der Waals surface area contributed by atoms with Crippen LogP contribution in [0.4, 0.5) is 5.69 Å². The van der Waals surface area contributed by atoms with Crippen LogP contribution in [0.3, 0.4) is 0 Å². The molecule has 2 heterocycles. The molecule has 5 aromatic carbocycles. The molecule has 1 atom stereocenters. The number of thioether (sulfide) groups is 2. The highest BCUT2D eigenvalue weighted by atomic mass is 32.2. The highest BCUT2D eigenvalue weighted by Gasteiger charge is 2.61. The Hall–Kier alpha value is -3.73. The molecule has 190 valence electrons. The van der Waals surface area contributed by atoms with Crippen molar-refractivity contribution in [3.05, 3.63) is 172 Å². The molecule has 0 amide bonds. The van der Waals surface area contributed by atoms with Gasteiger partial charge in [0.2, 0.25) is 0 Å². The summed E-state index contributed by atoms with van der Waals surface area (Å²) in [5.41, 5.74) is 9.93. The van der Waals surface area contributed by atoms with Crippen molar-refractivity contribution in [2.75, 3.05) is 5.01 Å². The van der Waals surface area contributed by atoms with Gasteiger partial charge in [0.25, 0.3) is 0 Å². The van der Waals surface area contributed by atoms with E-state index in [1.807, 2.05) is 23.5 Å². The average molecular weight is 541 g/mol. The molecule has 0 saturated carbocycles. The Labute approximate surface area is 238 Å². The molecule has 2 nitrogen and oxygen atoms in total. The topological polar surface area (TPSA) is 15.6 Å². The number of nitrogens with zero attached hydrogens (tertiary/aromatic N) is 2. The predicted octanol–water partition coefficient (Wildman–Crippen LogP) is 9.07. The highest BCUT2D eigenvalue weighted by Crippen LogP contribution is 2.71. The maximum Gasteiger partial charge on any atom is 0.187 e. The fourth-order valence-corrected chi connectivity index (χ4v) is 9.30. The van der Waals surface area contributed by atoms with Crippen molar-refractivity contribution in [3.8, 4) is 0 Å². The van der Waals surface area contributed by atoms with E-state index in [0.29, 0.717) is 0 Å². The van der Waals surface area contributed by atoms with Gasteiger partial charge in [-0.15, -0.1) is 0 Å². The molecular weight excluding hydrogens is 513 g/mol. The Morgan fingerprint density at radius 2 is 1.08 bits per heavy atom. The SMILES string of the molecule is Cc1ccc(C2(c3ccc(C)cc3)SC3(SC(c4ccccc4)=NN3c3ccccc3)c3ccccc32)cc1. The lowest BCUT2D eigenvalue weighted by atomic mass is 9.81. The number of fused-ring (bicyclic) bond motifs is 2. The fraction of sp³-hybridized carbons (Fsp3) is 0.114. The monoisotopic (exact) mass is 540 g/mol. The van der Waals surface area contributed by atoms with Gasteiger partial charge in [-0.05, 0) is 42.7 Å². The zero-order chi connectivity index (χ0) is 26.5. The summed E-state index contributed by atoms with van der Waals surface area (Å²) in [5, 5.41) is 8.63. The third-order valence-corrected chi connectivity index (χ3v) is 10.9. The van der Waals surface area contributed by atoms with Gasteiger partial charge < -0.3 is 0 Å². The van der Waals surface area contributed by atoms with Crippen LogP contribution < -0.4 is 5.01 Å². The van der Waals surface area contributed by atoms with Gasteiger partial charge in [-0.2, -0.15) is 5.10 Å². The highest BCUT2D eigenvalue weighted by molar-refractivity contribution is 8.26. The average Bonchev–Trinajstić information content (AvgIpc) is 3.52. The minimum atomic E-state index is -0.487. The number of aryl methyl sites for hydroxylation is 2. The minimum Gasteiger partial charge on any atom is -0.233 e. The van der Waals surface area contributed by atoms with E-state index in [0.717, 1.165) is 16.3 Å². The number of rotatable bonds is 4. The Bertz CT molecular complexity index is 1620. The van der Waals surface area contributed by atoms with Crippen molar-refractivity contribution < 1.29 is 0 Å². The summed E-state index contributed by atoms with van der Waals surface area (Å²) in [6.07, 6.45) is 0. The van der Waals surface area contributed by atoms with Gasteiger partial charge in [0, 0.05) is 11.1 Å². The minimum absolute atomic E-state index is 0.403. The molecule has 1 spiro atoms. The lowest BCUT2D eigenvalue weighted by molar-refractivity contribution is 0.806. The summed E-state index contributed by atoms with van der Waals surface area (Å²) in [7, 11) is 0. The van der Waals surface area contributed by atoms with E-state index in [2.05, 4.69) is 152 Å². The van der Waals surface area contributed by atoms with E-state index in [1.54, 1.807) is 0 Å². The zero-order valence-electron chi connectivity index (χ0n) is 21.9. The second kappa shape index (κ2) is 9.48. The van der Waals surface area contributed by atoms with E-state index >= 15 is 0 Å². The molecule has 0 saturated heterocycles. The van der Waals surface area contributed by atoms with Crippen molar-refractivity contribution in [2.24, 2.45) is 5.10 Å². The summed E-state index contributed by atoms with van der Waals surface area (Å²) in [6, 6.07) is 48.3. The molecular formula is C35H28N2S2. The molecule has 0 bridgehead atoms. The van der Waals surface area contributed by atoms with E-state index in [9.17, 15) is 0 Å². The first-order valence-corrected chi connectivity index (χ1v) is 14.9. The van der Waals surface area contributed by atoms with Crippen LogP contribution in [0.5, 0.6) is 0 Å². The van der Waals surface area contributed by atoms with Crippen molar-refractivity contribution in [1.29, 1.82) is 0 Å². The summed E-state index contributed by atoms with van der Waals surface area (Å²) >= 11 is 3.85. The van der Waals surface area contributed by atoms with E-state index in [-0.39, 0.29) is 0 Å². The number of hydrazone groups is 1. The third kappa shape index (κ3) is 3.85. The zero-order valence-corrected chi connectivity index (χ0v) is 23.5. The van der Waals surface area contributed by atoms with Gasteiger partial charge in [-0.1, -0.05) is 156 Å². The quantitative estimate of drug-likeness (QED) is 0.226. The lowest BCUT2D eigenvalue weighted by Crippen LogP contribution is -2.33.